The summed E-state index contributed by atoms with van der Waals surface area (Å²) in [6.07, 6.45) is -7.65. The lowest BCUT2D eigenvalue weighted by Crippen LogP contribution is -2.43. The Kier molecular flexibility index (Phi) is 11.1. The highest BCUT2D eigenvalue weighted by molar-refractivity contribution is 5.94. The van der Waals surface area contributed by atoms with Gasteiger partial charge in [0.25, 0.3) is 0 Å². The Hall–Kier alpha value is -5.98. The molecule has 0 saturated carbocycles. The summed E-state index contributed by atoms with van der Waals surface area (Å²) in [6, 6.07) is 7.59. The number of Topliss-reactive ketones (excluding diaryl/α,β-unsaturated/α-hetero) is 2. The van der Waals surface area contributed by atoms with Crippen LogP contribution in [0, 0.1) is 0 Å². The number of halogens is 6. The molecular weight excluding hydrogens is 758 g/mol. The highest BCUT2D eigenvalue weighted by Crippen LogP contribution is 2.30. The molecule has 0 spiro atoms. The first-order valence-corrected chi connectivity index (χ1v) is 17.4. The second-order valence-electron chi connectivity index (χ2n) is 13.1. The van der Waals surface area contributed by atoms with Gasteiger partial charge in [-0.3, -0.25) is 9.59 Å². The van der Waals surface area contributed by atoms with Crippen molar-refractivity contribution in [2.24, 2.45) is 0 Å². The minimum atomic E-state index is -4.46. The lowest BCUT2D eigenvalue weighted by Gasteiger charge is -2.29. The average Bonchev–Trinajstić information content (AvgIpc) is 3.79. The van der Waals surface area contributed by atoms with E-state index in [1.165, 1.54) is 25.3 Å². The topological polar surface area (TPSA) is 199 Å². The molecule has 0 aromatic carbocycles. The van der Waals surface area contributed by atoms with E-state index in [1.807, 2.05) is 6.07 Å². The van der Waals surface area contributed by atoms with Gasteiger partial charge in [0.05, 0.1) is 29.4 Å². The molecular formula is C38H42F6N10O3. The third kappa shape index (κ3) is 11.1. The molecule has 57 heavy (non-hydrogen) atoms. The number of aromatic amines is 2. The number of nitrogens with zero attached hydrogens (tertiary/aromatic N) is 6. The Balaban J connectivity index is 0.000000262. The molecule has 6 heterocycles. The fourth-order valence-corrected chi connectivity index (χ4v) is 5.50. The highest BCUT2D eigenvalue weighted by atomic mass is 19.4. The molecule has 2 atom stereocenters. The Labute approximate surface area is 331 Å². The van der Waals surface area contributed by atoms with Gasteiger partial charge in [0.2, 0.25) is 2.86 Å². The zero-order chi connectivity index (χ0) is 46.9. The van der Waals surface area contributed by atoms with Crippen LogP contribution in [-0.2, 0) is 9.59 Å². The fourth-order valence-electron chi connectivity index (χ4n) is 5.50. The van der Waals surface area contributed by atoms with Crippen LogP contribution in [0.3, 0.4) is 0 Å². The molecule has 0 saturated heterocycles. The number of carbonyl (C=O) groups is 2. The summed E-state index contributed by atoms with van der Waals surface area (Å²) in [5, 5.41) is 6.86. The first-order valence-electron chi connectivity index (χ1n) is 20.2. The summed E-state index contributed by atoms with van der Waals surface area (Å²) in [4.78, 5) is 55.8. The third-order valence-corrected chi connectivity index (χ3v) is 9.14. The molecule has 304 valence electrons. The van der Waals surface area contributed by atoms with E-state index in [1.54, 1.807) is 45.3 Å². The van der Waals surface area contributed by atoms with E-state index in [2.05, 4.69) is 56.0 Å². The molecule has 0 unspecified atom stereocenters. The van der Waals surface area contributed by atoms with Gasteiger partial charge in [-0.2, -0.15) is 26.3 Å². The smallest absolute Gasteiger partial charge is 0.389 e. The van der Waals surface area contributed by atoms with Crippen molar-refractivity contribution in [3.8, 4) is 22.8 Å². The molecule has 6 aromatic rings. The van der Waals surface area contributed by atoms with E-state index in [4.69, 9.17) is 8.35 Å². The van der Waals surface area contributed by atoms with Crippen LogP contribution in [0.2, 0.25) is 0 Å². The van der Waals surface area contributed by atoms with Crippen molar-refractivity contribution in [2.75, 3.05) is 10.6 Å². The van der Waals surface area contributed by atoms with E-state index in [0.717, 1.165) is 10.9 Å². The van der Waals surface area contributed by atoms with Crippen LogP contribution in [0.15, 0.2) is 73.5 Å². The molecule has 0 aliphatic rings. The van der Waals surface area contributed by atoms with Crippen LogP contribution >= 0.6 is 0 Å². The molecule has 6 aromatic heterocycles. The third-order valence-electron chi connectivity index (χ3n) is 9.14. The number of alkyl halides is 6. The minimum Gasteiger partial charge on any atom is -0.412 e. The van der Waals surface area contributed by atoms with Crippen molar-refractivity contribution in [2.45, 2.75) is 89.7 Å². The van der Waals surface area contributed by atoms with E-state index in [-0.39, 0.29) is 59.2 Å². The summed E-state index contributed by atoms with van der Waals surface area (Å²) in [5.41, 5.74) is 1.88. The van der Waals surface area contributed by atoms with E-state index >= 15 is 0 Å². The van der Waals surface area contributed by atoms with Crippen molar-refractivity contribution < 1.29 is 46.9 Å². The monoisotopic (exact) mass is 806 g/mol. The maximum Gasteiger partial charge on any atom is 0.389 e. The molecule has 0 aliphatic carbocycles. The molecule has 0 amide bonds. The number of pyridine rings is 2. The summed E-state index contributed by atoms with van der Waals surface area (Å²) in [6.45, 7) is 6.43. The number of anilines is 2. The van der Waals surface area contributed by atoms with Gasteiger partial charge in [-0.15, -0.1) is 0 Å². The lowest BCUT2D eigenvalue weighted by molar-refractivity contribution is -0.144. The van der Waals surface area contributed by atoms with Gasteiger partial charge in [-0.25, -0.2) is 29.9 Å². The predicted octanol–water partition coefficient (Wildman–Crippen LogP) is 8.20. The number of hydrogen-bond acceptors (Lipinski definition) is 10. The van der Waals surface area contributed by atoms with E-state index < -0.39 is 60.7 Å². The van der Waals surface area contributed by atoms with E-state index in [0.29, 0.717) is 23.7 Å². The van der Waals surface area contributed by atoms with Crippen LogP contribution in [0.5, 0.6) is 0 Å². The van der Waals surface area contributed by atoms with Gasteiger partial charge in [0, 0.05) is 71.9 Å². The number of H-pyrrole nitrogens is 2. The van der Waals surface area contributed by atoms with Crippen molar-refractivity contribution in [3.63, 3.8) is 0 Å². The maximum absolute atomic E-state index is 12.6. The Morgan fingerprint density at radius 3 is 1.91 bits per heavy atom. The first kappa shape index (κ1) is 35.4. The second kappa shape index (κ2) is 17.9. The highest BCUT2D eigenvalue weighted by Gasteiger charge is 2.37. The first-order chi connectivity index (χ1) is 29.5. The van der Waals surface area contributed by atoms with Crippen LogP contribution < -0.4 is 10.6 Å². The molecule has 0 bridgehead atoms. The summed E-state index contributed by atoms with van der Waals surface area (Å²) >= 11 is 0. The number of rotatable bonds is 14. The standard InChI is InChI=1S/2C19H20F3N5O.H2O/c2*1-3-18(2,14(28)6-8-19(20,21)22)27-15-7-10-24-17(26-15)13-11-25-16-12(13)5-4-9-23-16;/h2*4-5,7,9-11H,3,6,8H2,1-2H3,(H,23,25)(H,24,26,27);1H2/t2*18-;/m11./s1/i5D,9D,10D,11D;;/hD2. The van der Waals surface area contributed by atoms with Crippen LogP contribution in [0.25, 0.3) is 44.8 Å². The maximum atomic E-state index is 12.6. The van der Waals surface area contributed by atoms with Crippen molar-refractivity contribution in [3.05, 3.63) is 73.5 Å². The molecule has 0 aliphatic heterocycles. The Morgan fingerprint density at radius 2 is 1.32 bits per heavy atom. The van der Waals surface area contributed by atoms with Crippen molar-refractivity contribution in [1.29, 1.82) is 2.86 Å². The molecule has 0 radical (unpaired) electrons. The van der Waals surface area contributed by atoms with Gasteiger partial charge >= 0.3 is 12.4 Å². The number of aromatic nitrogens is 8. The lowest BCUT2D eigenvalue weighted by atomic mass is 9.90. The molecule has 6 N–H and O–H groups in total. The molecule has 13 nitrogen and oxygen atoms in total. The molecule has 19 heteroatoms. The minimum absolute atomic E-state index is 0.0232. The van der Waals surface area contributed by atoms with Crippen LogP contribution in [0.1, 0.15) is 71.7 Å². The number of hydrogen-bond donors (Lipinski definition) is 4. The van der Waals surface area contributed by atoms with Crippen molar-refractivity contribution >= 4 is 45.3 Å². The number of fused-ring (bicyclic) bond motifs is 2. The zero-order valence-corrected chi connectivity index (χ0v) is 31.0. The van der Waals surface area contributed by atoms with Gasteiger partial charge < -0.3 is 26.1 Å². The molecule has 6 rings (SSSR count). The van der Waals surface area contributed by atoms with Gasteiger partial charge in [-0.1, -0.05) is 13.8 Å². The SMILES string of the molecule is CC[C@@](C)(Nc1ccnc(-c2c[nH]c3ncccc23)n1)C(=O)CCC(F)(F)F.[2H]O[2H].[2H]c1cc(N[C@](C)(CC)C(=O)CCC(F)(F)F)nc(-c2c([2H])[nH]c3nc([2H])cc([2H])c23)n1. The second-order valence-corrected chi connectivity index (χ2v) is 13.1. The van der Waals surface area contributed by atoms with Gasteiger partial charge in [0.15, 0.2) is 23.2 Å². The number of nitrogens with one attached hydrogen (secondary N) is 4. The summed E-state index contributed by atoms with van der Waals surface area (Å²) in [7, 11) is 0. The summed E-state index contributed by atoms with van der Waals surface area (Å²) < 4.78 is 118. The Morgan fingerprint density at radius 1 is 0.737 bits per heavy atom. The van der Waals surface area contributed by atoms with Gasteiger partial charge in [-0.05, 0) is 63.1 Å². The van der Waals surface area contributed by atoms with Gasteiger partial charge in [0.1, 0.15) is 22.9 Å². The fraction of sp³-hybridized carbons (Fsp3) is 0.368. The molecule has 0 fully saturated rings. The van der Waals surface area contributed by atoms with E-state index in [9.17, 15) is 35.9 Å². The van der Waals surface area contributed by atoms with Crippen molar-refractivity contribution in [1.82, 2.24) is 39.9 Å². The van der Waals surface area contributed by atoms with Crippen LogP contribution in [-0.4, -0.2) is 83.2 Å². The average molecular weight is 807 g/mol. The zero-order valence-electron chi connectivity index (χ0n) is 37.0. The largest absolute Gasteiger partial charge is 0.412 e. The number of carbonyl (C=O) groups excluding carboxylic acids is 2. The normalized spacial score (nSPS) is 15.1. The summed E-state index contributed by atoms with van der Waals surface area (Å²) in [5.74, 6) is -0.444. The quantitative estimate of drug-likeness (QED) is 0.0778. The van der Waals surface area contributed by atoms with Crippen LogP contribution in [0.4, 0.5) is 38.0 Å². The predicted molar refractivity (Wildman–Crippen MR) is 203 cm³/mol. The Bertz CT molecular complexity index is 2540. The number of ketones is 2.